The largest absolute Gasteiger partial charge is 0.298 e. The van der Waals surface area contributed by atoms with E-state index in [9.17, 15) is 4.79 Å². The van der Waals surface area contributed by atoms with E-state index in [4.69, 9.17) is 46.4 Å². The third-order valence-electron chi connectivity index (χ3n) is 2.26. The first-order valence-electron chi connectivity index (χ1n) is 4.78. The highest BCUT2D eigenvalue weighted by Crippen LogP contribution is 2.37. The van der Waals surface area contributed by atoms with Crippen molar-refractivity contribution < 1.29 is 4.79 Å². The van der Waals surface area contributed by atoms with Gasteiger partial charge in [0, 0.05) is 17.3 Å². The van der Waals surface area contributed by atoms with E-state index < -0.39 is 0 Å². The van der Waals surface area contributed by atoms with Gasteiger partial charge >= 0.3 is 0 Å². The summed E-state index contributed by atoms with van der Waals surface area (Å²) in [6, 6.07) is 4.61. The standard InChI is InChI=1S/C12H5Cl4NO/c13-8-3-10(15)9(14)2-7(8)12-11(16)1-6(5-18)4-17-12/h1-5H. The van der Waals surface area contributed by atoms with E-state index in [1.54, 1.807) is 6.07 Å². The molecule has 0 spiro atoms. The van der Waals surface area contributed by atoms with Crippen molar-refractivity contribution in [3.8, 4) is 11.3 Å². The molecule has 6 heteroatoms. The van der Waals surface area contributed by atoms with Gasteiger partial charge in [-0.25, -0.2) is 0 Å². The van der Waals surface area contributed by atoms with Crippen molar-refractivity contribution in [1.82, 2.24) is 4.98 Å². The summed E-state index contributed by atoms with van der Waals surface area (Å²) in [6.07, 6.45) is 2.08. The van der Waals surface area contributed by atoms with Gasteiger partial charge in [-0.15, -0.1) is 0 Å². The minimum Gasteiger partial charge on any atom is -0.298 e. The molecule has 2 aromatic rings. The SMILES string of the molecule is O=Cc1cnc(-c2cc(Cl)c(Cl)cc2Cl)c(Cl)c1. The van der Waals surface area contributed by atoms with Crippen molar-refractivity contribution in [2.24, 2.45) is 0 Å². The zero-order valence-electron chi connectivity index (χ0n) is 8.75. The third-order valence-corrected chi connectivity index (χ3v) is 3.59. The predicted molar refractivity (Wildman–Crippen MR) is 75.1 cm³/mol. The summed E-state index contributed by atoms with van der Waals surface area (Å²) in [5.74, 6) is 0. The number of hydrogen-bond donors (Lipinski definition) is 0. The maximum Gasteiger partial charge on any atom is 0.151 e. The lowest BCUT2D eigenvalue weighted by atomic mass is 10.1. The fourth-order valence-electron chi connectivity index (χ4n) is 1.42. The Hall–Kier alpha value is -0.800. The number of carbonyl (C=O) groups is 1. The summed E-state index contributed by atoms with van der Waals surface area (Å²) < 4.78 is 0. The van der Waals surface area contributed by atoms with Crippen LogP contribution in [0.5, 0.6) is 0 Å². The van der Waals surface area contributed by atoms with Gasteiger partial charge in [0.1, 0.15) is 0 Å². The Labute approximate surface area is 123 Å². The van der Waals surface area contributed by atoms with Crippen LogP contribution in [0.2, 0.25) is 20.1 Å². The molecule has 0 aliphatic heterocycles. The summed E-state index contributed by atoms with van der Waals surface area (Å²) in [5, 5.41) is 1.41. The van der Waals surface area contributed by atoms with Crippen molar-refractivity contribution in [2.45, 2.75) is 0 Å². The molecule has 0 saturated carbocycles. The second kappa shape index (κ2) is 5.45. The first-order chi connectivity index (χ1) is 8.52. The molecule has 0 atom stereocenters. The van der Waals surface area contributed by atoms with Gasteiger partial charge in [-0.05, 0) is 18.2 Å². The molecule has 92 valence electrons. The number of benzene rings is 1. The lowest BCUT2D eigenvalue weighted by Gasteiger charge is -2.08. The van der Waals surface area contributed by atoms with Crippen molar-refractivity contribution in [2.75, 3.05) is 0 Å². The van der Waals surface area contributed by atoms with Gasteiger partial charge in [-0.2, -0.15) is 0 Å². The van der Waals surface area contributed by atoms with E-state index in [2.05, 4.69) is 4.98 Å². The Balaban J connectivity index is 2.62. The molecular formula is C12H5Cl4NO. The molecule has 0 N–H and O–H groups in total. The van der Waals surface area contributed by atoms with Gasteiger partial charge in [-0.3, -0.25) is 9.78 Å². The zero-order chi connectivity index (χ0) is 13.3. The summed E-state index contributed by atoms with van der Waals surface area (Å²) in [4.78, 5) is 14.7. The van der Waals surface area contributed by atoms with E-state index in [1.807, 2.05) is 0 Å². The number of pyridine rings is 1. The topological polar surface area (TPSA) is 30.0 Å². The minimum atomic E-state index is 0.319. The molecule has 0 unspecified atom stereocenters. The molecule has 0 aliphatic carbocycles. The normalized spacial score (nSPS) is 10.4. The van der Waals surface area contributed by atoms with Crippen LogP contribution in [0.15, 0.2) is 24.4 Å². The van der Waals surface area contributed by atoms with Crippen molar-refractivity contribution in [3.63, 3.8) is 0 Å². The van der Waals surface area contributed by atoms with Crippen LogP contribution >= 0.6 is 46.4 Å². The Kier molecular flexibility index (Phi) is 4.13. The number of hydrogen-bond acceptors (Lipinski definition) is 2. The van der Waals surface area contributed by atoms with Gasteiger partial charge in [0.05, 0.1) is 25.8 Å². The summed E-state index contributed by atoms with van der Waals surface area (Å²) in [6.45, 7) is 0. The molecule has 0 radical (unpaired) electrons. The molecule has 0 fully saturated rings. The highest BCUT2D eigenvalue weighted by atomic mass is 35.5. The molecule has 1 aromatic heterocycles. The number of carbonyl (C=O) groups excluding carboxylic acids is 1. The maximum atomic E-state index is 10.6. The number of rotatable bonds is 2. The van der Waals surface area contributed by atoms with Crippen LogP contribution in [-0.4, -0.2) is 11.3 Å². The van der Waals surface area contributed by atoms with E-state index in [1.165, 1.54) is 18.3 Å². The summed E-state index contributed by atoms with van der Waals surface area (Å²) >= 11 is 23.9. The van der Waals surface area contributed by atoms with Crippen molar-refractivity contribution in [3.05, 3.63) is 50.0 Å². The minimum absolute atomic E-state index is 0.319. The Morgan fingerprint density at radius 2 is 1.56 bits per heavy atom. The van der Waals surface area contributed by atoms with Gasteiger partial charge in [-0.1, -0.05) is 46.4 Å². The van der Waals surface area contributed by atoms with Crippen LogP contribution in [0.4, 0.5) is 0 Å². The molecule has 0 aliphatic rings. The Bertz CT molecular complexity index is 628. The number of aromatic nitrogens is 1. The monoisotopic (exact) mass is 319 g/mol. The van der Waals surface area contributed by atoms with Crippen molar-refractivity contribution >= 4 is 52.7 Å². The van der Waals surface area contributed by atoms with Crippen LogP contribution in [0.25, 0.3) is 11.3 Å². The molecule has 0 bridgehead atoms. The molecule has 2 nitrogen and oxygen atoms in total. The number of aldehydes is 1. The van der Waals surface area contributed by atoms with Crippen molar-refractivity contribution in [1.29, 1.82) is 0 Å². The van der Waals surface area contributed by atoms with Crippen LogP contribution in [0.3, 0.4) is 0 Å². The van der Waals surface area contributed by atoms with E-state index >= 15 is 0 Å². The molecule has 1 heterocycles. The van der Waals surface area contributed by atoms with Crippen LogP contribution in [-0.2, 0) is 0 Å². The van der Waals surface area contributed by atoms with Gasteiger partial charge in [0.2, 0.25) is 0 Å². The molecule has 0 amide bonds. The smallest absolute Gasteiger partial charge is 0.151 e. The van der Waals surface area contributed by atoms with Gasteiger partial charge < -0.3 is 0 Å². The van der Waals surface area contributed by atoms with Crippen LogP contribution in [0.1, 0.15) is 10.4 Å². The average Bonchev–Trinajstić information content (AvgIpc) is 2.34. The first-order valence-corrected chi connectivity index (χ1v) is 6.29. The third kappa shape index (κ3) is 2.62. The maximum absolute atomic E-state index is 10.6. The van der Waals surface area contributed by atoms with Gasteiger partial charge in [0.15, 0.2) is 6.29 Å². The van der Waals surface area contributed by atoms with E-state index in [0.717, 1.165) is 0 Å². The molecular weight excluding hydrogens is 316 g/mol. The molecule has 18 heavy (non-hydrogen) atoms. The van der Waals surface area contributed by atoms with E-state index in [-0.39, 0.29) is 0 Å². The van der Waals surface area contributed by atoms with Gasteiger partial charge in [0.25, 0.3) is 0 Å². The first kappa shape index (κ1) is 13.6. The highest BCUT2D eigenvalue weighted by molar-refractivity contribution is 6.44. The molecule has 0 saturated heterocycles. The lowest BCUT2D eigenvalue weighted by molar-refractivity contribution is 0.112. The zero-order valence-corrected chi connectivity index (χ0v) is 11.8. The average molecular weight is 321 g/mol. The predicted octanol–water partition coefficient (Wildman–Crippen LogP) is 5.17. The lowest BCUT2D eigenvalue weighted by Crippen LogP contribution is -1.90. The number of nitrogens with zero attached hydrogens (tertiary/aromatic N) is 1. The fraction of sp³-hybridized carbons (Fsp3) is 0. The van der Waals surface area contributed by atoms with E-state index in [0.29, 0.717) is 43.2 Å². The fourth-order valence-corrected chi connectivity index (χ4v) is 2.33. The summed E-state index contributed by atoms with van der Waals surface area (Å²) in [5.41, 5.74) is 1.40. The quantitative estimate of drug-likeness (QED) is 0.564. The number of halogens is 4. The second-order valence-corrected chi connectivity index (χ2v) is 5.09. The second-order valence-electron chi connectivity index (χ2n) is 3.46. The molecule has 1 aromatic carbocycles. The van der Waals surface area contributed by atoms with Crippen LogP contribution in [0, 0.1) is 0 Å². The highest BCUT2D eigenvalue weighted by Gasteiger charge is 2.12. The molecule has 2 rings (SSSR count). The summed E-state index contributed by atoms with van der Waals surface area (Å²) in [7, 11) is 0. The Morgan fingerprint density at radius 3 is 2.17 bits per heavy atom. The Morgan fingerprint density at radius 1 is 0.889 bits per heavy atom. The van der Waals surface area contributed by atoms with Crippen LogP contribution < -0.4 is 0 Å².